The minimum absolute atomic E-state index is 0.110. The Morgan fingerprint density at radius 3 is 2.78 bits per heavy atom. The number of nitrogens with zero attached hydrogens (tertiary/aromatic N) is 5. The number of fused-ring (bicyclic) bond motifs is 7. The van der Waals surface area contributed by atoms with Crippen molar-refractivity contribution in [2.75, 3.05) is 20.3 Å². The summed E-state index contributed by atoms with van der Waals surface area (Å²) in [5, 5.41) is 19.2. The Morgan fingerprint density at radius 2 is 1.92 bits per heavy atom. The molecule has 51 heavy (non-hydrogen) atoms. The fourth-order valence-electron chi connectivity index (χ4n) is 9.65. The molecular weight excluding hydrogens is 656 g/mol. The lowest BCUT2D eigenvalue weighted by Crippen LogP contribution is -2.43. The number of amides is 1. The van der Waals surface area contributed by atoms with Gasteiger partial charge in [-0.3, -0.25) is 14.5 Å². The van der Waals surface area contributed by atoms with E-state index in [0.717, 1.165) is 55.7 Å². The summed E-state index contributed by atoms with van der Waals surface area (Å²) in [6.07, 6.45) is 12.3. The van der Waals surface area contributed by atoms with E-state index in [-0.39, 0.29) is 23.7 Å². The van der Waals surface area contributed by atoms with Gasteiger partial charge in [0.25, 0.3) is 11.8 Å². The number of alkyl halides is 2. The summed E-state index contributed by atoms with van der Waals surface area (Å²) in [6.45, 7) is 3.23. The number of ether oxygens (including phenoxy) is 3. The molecule has 3 heterocycles. The molecule has 2 aliphatic heterocycles. The number of aromatic nitrogens is 3. The number of aliphatic imine (C=N–C) groups is 1. The van der Waals surface area contributed by atoms with Crippen molar-refractivity contribution in [3.63, 3.8) is 0 Å². The second-order valence-corrected chi connectivity index (χ2v) is 15.4. The smallest absolute Gasteiger partial charge is 0.267 e. The normalized spacial score (nSPS) is 28.7. The largest absolute Gasteiger partial charge is 0.494 e. The Balaban J connectivity index is 0.787. The molecule has 0 spiro atoms. The van der Waals surface area contributed by atoms with E-state index in [1.807, 2.05) is 6.20 Å². The van der Waals surface area contributed by atoms with Crippen LogP contribution in [-0.4, -0.2) is 75.5 Å². The first-order valence-electron chi connectivity index (χ1n) is 18.5. The van der Waals surface area contributed by atoms with Gasteiger partial charge in [0.15, 0.2) is 11.5 Å². The van der Waals surface area contributed by atoms with Gasteiger partial charge >= 0.3 is 0 Å². The molecule has 1 aromatic heterocycles. The summed E-state index contributed by atoms with van der Waals surface area (Å²) >= 11 is 0. The average Bonchev–Trinajstić information content (AvgIpc) is 3.78. The average molecular weight is 704 g/mol. The summed E-state index contributed by atoms with van der Waals surface area (Å²) in [5.74, 6) is 0.168. The van der Waals surface area contributed by atoms with Crippen LogP contribution in [0.3, 0.4) is 0 Å². The van der Waals surface area contributed by atoms with Gasteiger partial charge in [0.2, 0.25) is 0 Å². The number of rotatable bonds is 11. The summed E-state index contributed by atoms with van der Waals surface area (Å²) in [5.41, 5.74) is 4.26. The zero-order chi connectivity index (χ0) is 35.3. The van der Waals surface area contributed by atoms with Crippen molar-refractivity contribution in [2.45, 2.75) is 108 Å². The number of carbonyl (C=O) groups excluding carboxylic acids is 1. The van der Waals surface area contributed by atoms with Crippen molar-refractivity contribution in [3.05, 3.63) is 58.9 Å². The minimum Gasteiger partial charge on any atom is -0.494 e. The Morgan fingerprint density at radius 1 is 1.04 bits per heavy atom. The Kier molecular flexibility index (Phi) is 9.00. The molecule has 8 rings (SSSR count). The topological polar surface area (TPSA) is 111 Å². The predicted molar refractivity (Wildman–Crippen MR) is 186 cm³/mol. The van der Waals surface area contributed by atoms with Crippen molar-refractivity contribution < 1.29 is 32.9 Å². The molecule has 2 aromatic carbocycles. The third kappa shape index (κ3) is 6.49. The Hall–Kier alpha value is -4.06. The maximum atomic E-state index is 14.0. The number of unbranched alkanes of at least 4 members (excludes halogenated alkanes) is 2. The van der Waals surface area contributed by atoms with Crippen LogP contribution >= 0.6 is 0 Å². The lowest BCUT2D eigenvalue weighted by molar-refractivity contribution is -0.0226. The number of methoxy groups -OCH3 is 1. The molecule has 3 aromatic rings. The van der Waals surface area contributed by atoms with Crippen molar-refractivity contribution in [1.82, 2.24) is 19.9 Å². The highest BCUT2D eigenvalue weighted by molar-refractivity contribution is 6.03. The van der Waals surface area contributed by atoms with Gasteiger partial charge in [-0.05, 0) is 110 Å². The van der Waals surface area contributed by atoms with Crippen molar-refractivity contribution in [3.8, 4) is 17.2 Å². The highest BCUT2D eigenvalue weighted by atomic mass is 19.3. The van der Waals surface area contributed by atoms with Crippen molar-refractivity contribution >= 4 is 17.8 Å². The quantitative estimate of drug-likeness (QED) is 0.217. The number of benzene rings is 2. The molecule has 10 nitrogen and oxygen atoms in total. The van der Waals surface area contributed by atoms with E-state index in [1.54, 1.807) is 10.7 Å². The number of aliphatic hydroxyl groups excluding tert-OH is 1. The number of aliphatic hydroxyl groups is 1. The van der Waals surface area contributed by atoms with E-state index >= 15 is 0 Å². The first-order chi connectivity index (χ1) is 24.6. The van der Waals surface area contributed by atoms with E-state index < -0.39 is 30.8 Å². The van der Waals surface area contributed by atoms with E-state index in [1.165, 1.54) is 49.8 Å². The van der Waals surface area contributed by atoms with Crippen LogP contribution in [0.25, 0.3) is 0 Å². The third-order valence-corrected chi connectivity index (χ3v) is 12.4. The molecular formula is C39H47F2N5O5. The lowest BCUT2D eigenvalue weighted by Gasteiger charge is -2.50. The molecule has 0 bridgehead atoms. The highest BCUT2D eigenvalue weighted by Gasteiger charge is 2.54. The summed E-state index contributed by atoms with van der Waals surface area (Å²) in [6, 6.07) is 9.08. The molecule has 12 heteroatoms. The summed E-state index contributed by atoms with van der Waals surface area (Å²) < 4.78 is 47.4. The number of halogens is 2. The monoisotopic (exact) mass is 703 g/mol. The van der Waals surface area contributed by atoms with Crippen LogP contribution in [0, 0.1) is 17.3 Å². The van der Waals surface area contributed by atoms with Gasteiger partial charge in [0.05, 0.1) is 49.9 Å². The molecule has 1 amide bonds. The van der Waals surface area contributed by atoms with Gasteiger partial charge < -0.3 is 24.2 Å². The minimum atomic E-state index is -2.93. The molecule has 272 valence electrons. The molecule has 0 radical (unpaired) electrons. The van der Waals surface area contributed by atoms with Crippen LogP contribution in [0.15, 0.2) is 41.5 Å². The van der Waals surface area contributed by atoms with E-state index in [2.05, 4.69) is 40.4 Å². The molecule has 6 atom stereocenters. The SMILES string of the molecule is COc1cc2c(cc1OCc1cn(CCCCCOc3ccc4c(c3)CC[C@@H]3[C@@H]4CC[C@]4(C)[C@@H](O)CC[C@@H]34)nn1)N=C[C@@H]1CC(F)(F)CN1C2=O. The van der Waals surface area contributed by atoms with Gasteiger partial charge in [0, 0.05) is 25.2 Å². The fourth-order valence-corrected chi connectivity index (χ4v) is 9.65. The maximum Gasteiger partial charge on any atom is 0.267 e. The van der Waals surface area contributed by atoms with Gasteiger partial charge in [-0.15, -0.1) is 5.10 Å². The first-order valence-corrected chi connectivity index (χ1v) is 18.5. The van der Waals surface area contributed by atoms with Crippen LogP contribution in [0.5, 0.6) is 17.2 Å². The Bertz CT molecular complexity index is 1810. The number of hydrogen-bond donors (Lipinski definition) is 1. The van der Waals surface area contributed by atoms with E-state index in [4.69, 9.17) is 14.2 Å². The highest BCUT2D eigenvalue weighted by Crippen LogP contribution is 2.61. The molecule has 0 unspecified atom stereocenters. The second-order valence-electron chi connectivity index (χ2n) is 15.4. The third-order valence-electron chi connectivity index (χ3n) is 12.4. The van der Waals surface area contributed by atoms with Gasteiger partial charge in [0.1, 0.15) is 18.1 Å². The van der Waals surface area contributed by atoms with Gasteiger partial charge in [-0.25, -0.2) is 8.78 Å². The van der Waals surface area contributed by atoms with Crippen molar-refractivity contribution in [1.29, 1.82) is 0 Å². The molecule has 1 N–H and O–H groups in total. The van der Waals surface area contributed by atoms with Crippen LogP contribution in [0.2, 0.25) is 0 Å². The molecule has 3 fully saturated rings. The van der Waals surface area contributed by atoms with Gasteiger partial charge in [-0.2, -0.15) is 0 Å². The fraction of sp³-hybridized carbons (Fsp3) is 0.590. The zero-order valence-electron chi connectivity index (χ0n) is 29.4. The predicted octanol–water partition coefficient (Wildman–Crippen LogP) is 6.90. The Labute approximate surface area is 297 Å². The number of hydrogen-bond acceptors (Lipinski definition) is 8. The number of aryl methyl sites for hydroxylation is 2. The van der Waals surface area contributed by atoms with E-state index in [0.29, 0.717) is 47.2 Å². The first kappa shape index (κ1) is 34.0. The molecule has 3 aliphatic carbocycles. The molecule has 1 saturated heterocycles. The lowest BCUT2D eigenvalue weighted by atomic mass is 9.55. The van der Waals surface area contributed by atoms with Crippen LogP contribution in [0.4, 0.5) is 14.5 Å². The molecule has 5 aliphatic rings. The zero-order valence-corrected chi connectivity index (χ0v) is 29.4. The summed E-state index contributed by atoms with van der Waals surface area (Å²) in [4.78, 5) is 18.6. The molecule has 2 saturated carbocycles. The number of carbonyl (C=O) groups is 1. The van der Waals surface area contributed by atoms with Crippen LogP contribution in [-0.2, 0) is 19.6 Å². The summed E-state index contributed by atoms with van der Waals surface area (Å²) in [7, 11) is 1.46. The van der Waals surface area contributed by atoms with Crippen LogP contribution < -0.4 is 14.2 Å². The van der Waals surface area contributed by atoms with E-state index in [9.17, 15) is 18.7 Å². The second kappa shape index (κ2) is 13.5. The standard InChI is InChI=1S/C39H47F2N5O5/c1-38-13-12-29-28-9-7-27(16-24(28)6-8-30(29)32(38)10-11-36(38)47)50-15-5-3-4-14-45-21-25(43-44-45)22-51-35-18-33-31(17-34(35)49-2)37(48)46-23-39(40,41)19-26(46)20-42-33/h7,9,16-18,20-21,26,29-30,32,36,47H,3-6,8,10-15,19,22-23H2,1-2H3/t26-,29+,30+,32-,36-,38-/m0/s1. The van der Waals surface area contributed by atoms with Gasteiger partial charge in [-0.1, -0.05) is 18.2 Å². The van der Waals surface area contributed by atoms with Crippen LogP contribution in [0.1, 0.15) is 97.8 Å². The van der Waals surface area contributed by atoms with Crippen molar-refractivity contribution in [2.24, 2.45) is 22.2 Å². The maximum absolute atomic E-state index is 14.0.